The Morgan fingerprint density at radius 1 is 1.53 bits per heavy atom. The van der Waals surface area contributed by atoms with Crippen molar-refractivity contribution in [2.24, 2.45) is 0 Å². The van der Waals surface area contributed by atoms with Crippen LogP contribution in [0.3, 0.4) is 0 Å². The smallest absolute Gasteiger partial charge is 0.254 e. The normalized spacial score (nSPS) is 20.4. The maximum Gasteiger partial charge on any atom is 0.254 e. The molecule has 1 aliphatic heterocycles. The highest BCUT2D eigenvalue weighted by molar-refractivity contribution is 6.31. The van der Waals surface area contributed by atoms with E-state index in [0.717, 1.165) is 0 Å². The van der Waals surface area contributed by atoms with Gasteiger partial charge in [0, 0.05) is 22.8 Å². The molecule has 0 aliphatic carbocycles. The third kappa shape index (κ3) is 2.70. The van der Waals surface area contributed by atoms with Crippen LogP contribution in [-0.2, 0) is 4.74 Å². The van der Waals surface area contributed by atoms with Crippen LogP contribution in [0.1, 0.15) is 17.3 Å². The predicted octanol–water partition coefficient (Wildman–Crippen LogP) is 1.78. The van der Waals surface area contributed by atoms with Crippen LogP contribution in [0, 0.1) is 0 Å². The maximum atomic E-state index is 12.3. The number of morpholine rings is 1. The molecule has 0 saturated carbocycles. The molecule has 1 aliphatic rings. The van der Waals surface area contributed by atoms with Crippen LogP contribution in [0.4, 0.5) is 5.69 Å². The van der Waals surface area contributed by atoms with Crippen LogP contribution in [0.5, 0.6) is 0 Å². The van der Waals surface area contributed by atoms with Crippen molar-refractivity contribution in [3.8, 4) is 0 Å². The Balaban J connectivity index is 2.23. The first-order valence-electron chi connectivity index (χ1n) is 5.52. The molecule has 0 bridgehead atoms. The summed E-state index contributed by atoms with van der Waals surface area (Å²) in [4.78, 5) is 14.1. The molecule has 1 atom stereocenters. The summed E-state index contributed by atoms with van der Waals surface area (Å²) in [5.74, 6) is -0.0463. The Morgan fingerprint density at radius 2 is 2.29 bits per heavy atom. The molecule has 5 heteroatoms. The van der Waals surface area contributed by atoms with E-state index in [9.17, 15) is 4.79 Å². The molecule has 2 rings (SSSR count). The number of carbonyl (C=O) groups excluding carboxylic acids is 1. The van der Waals surface area contributed by atoms with Crippen LogP contribution in [-0.4, -0.2) is 36.6 Å². The molecular formula is C12H15ClN2O2. The van der Waals surface area contributed by atoms with Gasteiger partial charge in [-0.1, -0.05) is 11.6 Å². The second kappa shape index (κ2) is 4.94. The monoisotopic (exact) mass is 254 g/mol. The Labute approximate surface area is 105 Å². The molecule has 0 radical (unpaired) electrons. The Morgan fingerprint density at radius 3 is 2.94 bits per heavy atom. The number of halogens is 1. The van der Waals surface area contributed by atoms with E-state index in [0.29, 0.717) is 36.0 Å². The fourth-order valence-corrected chi connectivity index (χ4v) is 2.17. The summed E-state index contributed by atoms with van der Waals surface area (Å²) in [7, 11) is 0. The molecule has 1 saturated heterocycles. The standard InChI is InChI=1S/C12H15ClN2O2/c1-8-7-17-3-2-15(8)12(16)9-4-10(13)6-11(14)5-9/h4-6,8H,2-3,7,14H2,1H3/t8-/m1/s1. The second-order valence-electron chi connectivity index (χ2n) is 4.20. The highest BCUT2D eigenvalue weighted by Crippen LogP contribution is 2.19. The average Bonchev–Trinajstić information content (AvgIpc) is 2.27. The molecule has 1 aromatic carbocycles. The van der Waals surface area contributed by atoms with E-state index < -0.39 is 0 Å². The van der Waals surface area contributed by atoms with Crippen molar-refractivity contribution < 1.29 is 9.53 Å². The van der Waals surface area contributed by atoms with E-state index in [-0.39, 0.29) is 11.9 Å². The topological polar surface area (TPSA) is 55.6 Å². The highest BCUT2D eigenvalue weighted by atomic mass is 35.5. The summed E-state index contributed by atoms with van der Waals surface area (Å²) in [6.45, 7) is 3.71. The van der Waals surface area contributed by atoms with Crippen LogP contribution in [0.15, 0.2) is 18.2 Å². The van der Waals surface area contributed by atoms with Crippen molar-refractivity contribution in [3.63, 3.8) is 0 Å². The Bertz CT molecular complexity index is 416. The lowest BCUT2D eigenvalue weighted by atomic mass is 10.1. The molecule has 0 unspecified atom stereocenters. The fraction of sp³-hybridized carbons (Fsp3) is 0.417. The van der Waals surface area contributed by atoms with Crippen molar-refractivity contribution in [1.29, 1.82) is 0 Å². The van der Waals surface area contributed by atoms with Gasteiger partial charge < -0.3 is 15.4 Å². The first-order valence-corrected chi connectivity index (χ1v) is 5.90. The summed E-state index contributed by atoms with van der Waals surface area (Å²) in [5.41, 5.74) is 6.71. The van der Waals surface area contributed by atoms with Gasteiger partial charge in [0.15, 0.2) is 0 Å². The number of nitrogen functional groups attached to an aromatic ring is 1. The van der Waals surface area contributed by atoms with Gasteiger partial charge in [-0.25, -0.2) is 0 Å². The second-order valence-corrected chi connectivity index (χ2v) is 4.63. The quantitative estimate of drug-likeness (QED) is 0.778. The third-order valence-electron chi connectivity index (χ3n) is 2.80. The number of anilines is 1. The molecule has 1 amide bonds. The minimum atomic E-state index is -0.0463. The number of amides is 1. The SMILES string of the molecule is C[C@@H]1COCCN1C(=O)c1cc(N)cc(Cl)c1. The number of nitrogens with two attached hydrogens (primary N) is 1. The van der Waals surface area contributed by atoms with Crippen LogP contribution in [0.2, 0.25) is 5.02 Å². The highest BCUT2D eigenvalue weighted by Gasteiger charge is 2.24. The van der Waals surface area contributed by atoms with Crippen LogP contribution in [0.25, 0.3) is 0 Å². The summed E-state index contributed by atoms with van der Waals surface area (Å²) < 4.78 is 5.30. The van der Waals surface area contributed by atoms with Crippen molar-refractivity contribution in [1.82, 2.24) is 4.90 Å². The van der Waals surface area contributed by atoms with Gasteiger partial charge in [0.25, 0.3) is 5.91 Å². The molecule has 17 heavy (non-hydrogen) atoms. The summed E-state index contributed by atoms with van der Waals surface area (Å²) >= 11 is 5.89. The van der Waals surface area contributed by atoms with E-state index in [2.05, 4.69) is 0 Å². The molecule has 0 aromatic heterocycles. The number of benzene rings is 1. The minimum Gasteiger partial charge on any atom is -0.399 e. The average molecular weight is 255 g/mol. The Kier molecular flexibility index (Phi) is 3.54. The maximum absolute atomic E-state index is 12.3. The van der Waals surface area contributed by atoms with Crippen molar-refractivity contribution in [2.45, 2.75) is 13.0 Å². The zero-order valence-corrected chi connectivity index (χ0v) is 10.4. The Hall–Kier alpha value is -1.26. The molecule has 1 heterocycles. The number of nitrogens with zero attached hydrogens (tertiary/aromatic N) is 1. The lowest BCUT2D eigenvalue weighted by Gasteiger charge is -2.33. The molecule has 1 aromatic rings. The van der Waals surface area contributed by atoms with Gasteiger partial charge in [0.05, 0.1) is 19.3 Å². The zero-order chi connectivity index (χ0) is 12.4. The summed E-state index contributed by atoms with van der Waals surface area (Å²) in [6, 6.07) is 5.00. The van der Waals surface area contributed by atoms with Crippen LogP contribution < -0.4 is 5.73 Å². The summed E-state index contributed by atoms with van der Waals surface area (Å²) in [5, 5.41) is 0.481. The van der Waals surface area contributed by atoms with E-state index in [1.54, 1.807) is 23.1 Å². The van der Waals surface area contributed by atoms with E-state index in [1.165, 1.54) is 0 Å². The zero-order valence-electron chi connectivity index (χ0n) is 9.65. The van der Waals surface area contributed by atoms with Crippen molar-refractivity contribution in [2.75, 3.05) is 25.5 Å². The van der Waals surface area contributed by atoms with Gasteiger partial charge >= 0.3 is 0 Å². The number of rotatable bonds is 1. The molecule has 92 valence electrons. The lowest BCUT2D eigenvalue weighted by Crippen LogP contribution is -2.47. The first kappa shape index (κ1) is 12.2. The van der Waals surface area contributed by atoms with E-state index in [1.807, 2.05) is 6.92 Å². The van der Waals surface area contributed by atoms with Gasteiger partial charge in [-0.3, -0.25) is 4.79 Å². The van der Waals surface area contributed by atoms with Gasteiger partial charge in [-0.2, -0.15) is 0 Å². The third-order valence-corrected chi connectivity index (χ3v) is 3.01. The van der Waals surface area contributed by atoms with E-state index in [4.69, 9.17) is 22.1 Å². The summed E-state index contributed by atoms with van der Waals surface area (Å²) in [6.07, 6.45) is 0. The van der Waals surface area contributed by atoms with Gasteiger partial charge in [-0.05, 0) is 25.1 Å². The number of hydrogen-bond acceptors (Lipinski definition) is 3. The first-order chi connectivity index (χ1) is 8.08. The molecule has 2 N–H and O–H groups in total. The molecule has 1 fully saturated rings. The number of carbonyl (C=O) groups is 1. The van der Waals surface area contributed by atoms with E-state index >= 15 is 0 Å². The van der Waals surface area contributed by atoms with Gasteiger partial charge in [0.2, 0.25) is 0 Å². The fourth-order valence-electron chi connectivity index (χ4n) is 1.93. The molecular weight excluding hydrogens is 240 g/mol. The number of hydrogen-bond donors (Lipinski definition) is 1. The number of ether oxygens (including phenoxy) is 1. The molecule has 4 nitrogen and oxygen atoms in total. The largest absolute Gasteiger partial charge is 0.399 e. The predicted molar refractivity (Wildman–Crippen MR) is 67.2 cm³/mol. The van der Waals surface area contributed by atoms with Crippen LogP contribution >= 0.6 is 11.6 Å². The van der Waals surface area contributed by atoms with Crippen molar-refractivity contribution in [3.05, 3.63) is 28.8 Å². The lowest BCUT2D eigenvalue weighted by molar-refractivity contribution is 0.00360. The van der Waals surface area contributed by atoms with Crippen molar-refractivity contribution >= 4 is 23.2 Å². The minimum absolute atomic E-state index is 0.0463. The van der Waals surface area contributed by atoms with Gasteiger partial charge in [0.1, 0.15) is 0 Å². The van der Waals surface area contributed by atoms with Gasteiger partial charge in [-0.15, -0.1) is 0 Å². The molecule has 0 spiro atoms.